The van der Waals surface area contributed by atoms with E-state index in [0.717, 1.165) is 17.7 Å². The minimum Gasteiger partial charge on any atom is -0.398 e. The predicted octanol–water partition coefficient (Wildman–Crippen LogP) is 3.85. The molecule has 6 heteroatoms. The number of nitrogen functional groups attached to an aromatic ring is 1. The van der Waals surface area contributed by atoms with Crippen LogP contribution in [0.4, 0.5) is 24.5 Å². The number of carbonyl (C=O) groups excluding carboxylic acids is 1. The maximum atomic E-state index is 12.6. The lowest BCUT2D eigenvalue weighted by atomic mass is 10.1. The summed E-state index contributed by atoms with van der Waals surface area (Å²) in [4.78, 5) is 12.1. The number of alkyl halides is 3. The number of hydrogen-bond donors (Lipinski definition) is 2. The van der Waals surface area contributed by atoms with Crippen molar-refractivity contribution in [2.24, 2.45) is 0 Å². The molecule has 0 unspecified atom stereocenters. The van der Waals surface area contributed by atoms with E-state index in [-0.39, 0.29) is 11.3 Å². The minimum atomic E-state index is -4.46. The topological polar surface area (TPSA) is 55.1 Å². The fraction of sp³-hybridized carbons (Fsp3) is 0.133. The fourth-order valence-corrected chi connectivity index (χ4v) is 1.85. The van der Waals surface area contributed by atoms with Gasteiger partial charge in [-0.3, -0.25) is 4.79 Å². The Morgan fingerprint density at radius 1 is 1.14 bits per heavy atom. The average Bonchev–Trinajstić information content (AvgIpc) is 2.41. The number of halogens is 3. The molecule has 0 aliphatic rings. The molecule has 2 aromatic carbocycles. The van der Waals surface area contributed by atoms with Crippen molar-refractivity contribution in [3.05, 3.63) is 59.2 Å². The van der Waals surface area contributed by atoms with Gasteiger partial charge in [0.2, 0.25) is 0 Å². The molecule has 0 heterocycles. The van der Waals surface area contributed by atoms with Gasteiger partial charge in [0.15, 0.2) is 0 Å². The van der Waals surface area contributed by atoms with Gasteiger partial charge in [-0.25, -0.2) is 0 Å². The van der Waals surface area contributed by atoms with Gasteiger partial charge >= 0.3 is 6.18 Å². The first-order valence-corrected chi connectivity index (χ1v) is 6.13. The van der Waals surface area contributed by atoms with Gasteiger partial charge < -0.3 is 11.1 Å². The van der Waals surface area contributed by atoms with E-state index in [1.54, 1.807) is 19.1 Å². The number of nitrogens with one attached hydrogen (secondary N) is 1. The largest absolute Gasteiger partial charge is 0.416 e. The molecule has 3 nitrogen and oxygen atoms in total. The lowest BCUT2D eigenvalue weighted by Crippen LogP contribution is -2.15. The fourth-order valence-electron chi connectivity index (χ4n) is 1.85. The summed E-state index contributed by atoms with van der Waals surface area (Å²) in [5.41, 5.74) is 6.30. The van der Waals surface area contributed by atoms with Gasteiger partial charge in [-0.05, 0) is 36.8 Å². The van der Waals surface area contributed by atoms with Crippen LogP contribution in [-0.4, -0.2) is 5.91 Å². The van der Waals surface area contributed by atoms with Crippen LogP contribution in [0.25, 0.3) is 0 Å². The first-order chi connectivity index (χ1) is 9.79. The molecular weight excluding hydrogens is 281 g/mol. The summed E-state index contributed by atoms with van der Waals surface area (Å²) in [6.45, 7) is 1.75. The first-order valence-electron chi connectivity index (χ1n) is 6.13. The van der Waals surface area contributed by atoms with Gasteiger partial charge in [0, 0.05) is 11.4 Å². The second kappa shape index (κ2) is 5.47. The Kier molecular flexibility index (Phi) is 3.88. The van der Waals surface area contributed by atoms with Crippen molar-refractivity contribution >= 4 is 17.3 Å². The van der Waals surface area contributed by atoms with Crippen molar-refractivity contribution < 1.29 is 18.0 Å². The molecule has 0 saturated carbocycles. The molecule has 0 fully saturated rings. The number of rotatable bonds is 2. The van der Waals surface area contributed by atoms with Crippen LogP contribution in [0.2, 0.25) is 0 Å². The zero-order valence-electron chi connectivity index (χ0n) is 11.2. The van der Waals surface area contributed by atoms with Crippen LogP contribution in [0, 0.1) is 6.92 Å². The molecule has 21 heavy (non-hydrogen) atoms. The van der Waals surface area contributed by atoms with Crippen LogP contribution in [0.15, 0.2) is 42.5 Å². The van der Waals surface area contributed by atoms with Crippen LogP contribution in [0.1, 0.15) is 21.5 Å². The Morgan fingerprint density at radius 3 is 2.48 bits per heavy atom. The van der Waals surface area contributed by atoms with Gasteiger partial charge in [-0.2, -0.15) is 13.2 Å². The molecule has 2 rings (SSSR count). The third-order valence-electron chi connectivity index (χ3n) is 3.02. The van der Waals surface area contributed by atoms with E-state index in [1.165, 1.54) is 18.2 Å². The van der Waals surface area contributed by atoms with E-state index < -0.39 is 17.6 Å². The second-order valence-corrected chi connectivity index (χ2v) is 4.57. The van der Waals surface area contributed by atoms with Crippen molar-refractivity contribution in [1.29, 1.82) is 0 Å². The summed E-state index contributed by atoms with van der Waals surface area (Å²) >= 11 is 0. The number of benzene rings is 2. The molecule has 3 N–H and O–H groups in total. The summed E-state index contributed by atoms with van der Waals surface area (Å²) in [6.07, 6.45) is -4.46. The zero-order valence-corrected chi connectivity index (χ0v) is 11.2. The number of amides is 1. The lowest BCUT2D eigenvalue weighted by Gasteiger charge is -2.11. The summed E-state index contributed by atoms with van der Waals surface area (Å²) in [6, 6.07) is 9.37. The molecule has 0 spiro atoms. The molecule has 0 aromatic heterocycles. The molecule has 0 atom stereocenters. The highest BCUT2D eigenvalue weighted by molar-refractivity contribution is 6.08. The molecular formula is C15H13F3N2O. The molecule has 0 saturated heterocycles. The van der Waals surface area contributed by atoms with Crippen molar-refractivity contribution in [2.75, 3.05) is 11.1 Å². The van der Waals surface area contributed by atoms with Crippen molar-refractivity contribution in [3.8, 4) is 0 Å². The molecule has 0 bridgehead atoms. The Hall–Kier alpha value is -2.50. The van der Waals surface area contributed by atoms with E-state index in [4.69, 9.17) is 5.73 Å². The average molecular weight is 294 g/mol. The number of para-hydroxylation sites is 1. The Morgan fingerprint density at radius 2 is 1.81 bits per heavy atom. The smallest absolute Gasteiger partial charge is 0.398 e. The normalized spacial score (nSPS) is 11.2. The SMILES string of the molecule is Cc1cccc(C(=O)Nc2cccc(C(F)(F)F)c2)c1N. The van der Waals surface area contributed by atoms with Gasteiger partial charge in [-0.15, -0.1) is 0 Å². The van der Waals surface area contributed by atoms with E-state index in [1.807, 2.05) is 0 Å². The predicted molar refractivity (Wildman–Crippen MR) is 75.0 cm³/mol. The molecule has 0 aliphatic heterocycles. The number of aryl methyl sites for hydroxylation is 1. The van der Waals surface area contributed by atoms with Gasteiger partial charge in [0.05, 0.1) is 11.1 Å². The van der Waals surface area contributed by atoms with Crippen LogP contribution in [0.3, 0.4) is 0 Å². The standard InChI is InChI=1S/C15H13F3N2O/c1-9-4-2-7-12(13(9)19)14(21)20-11-6-3-5-10(8-11)15(16,17)18/h2-8H,19H2,1H3,(H,20,21). The maximum Gasteiger partial charge on any atom is 0.416 e. The van der Waals surface area contributed by atoms with Crippen LogP contribution < -0.4 is 11.1 Å². The van der Waals surface area contributed by atoms with Crippen LogP contribution >= 0.6 is 0 Å². The van der Waals surface area contributed by atoms with Crippen molar-refractivity contribution in [2.45, 2.75) is 13.1 Å². The zero-order chi connectivity index (χ0) is 15.6. The number of hydrogen-bond acceptors (Lipinski definition) is 2. The minimum absolute atomic E-state index is 0.0655. The second-order valence-electron chi connectivity index (χ2n) is 4.57. The van der Waals surface area contributed by atoms with Gasteiger partial charge in [0.25, 0.3) is 5.91 Å². The van der Waals surface area contributed by atoms with Gasteiger partial charge in [-0.1, -0.05) is 18.2 Å². The number of carbonyl (C=O) groups is 1. The monoisotopic (exact) mass is 294 g/mol. The van der Waals surface area contributed by atoms with Crippen LogP contribution in [-0.2, 0) is 6.18 Å². The highest BCUT2D eigenvalue weighted by Crippen LogP contribution is 2.30. The Bertz CT molecular complexity index is 681. The van der Waals surface area contributed by atoms with Gasteiger partial charge in [0.1, 0.15) is 0 Å². The van der Waals surface area contributed by atoms with E-state index in [2.05, 4.69) is 5.32 Å². The number of nitrogens with two attached hydrogens (primary N) is 1. The van der Waals surface area contributed by atoms with Crippen molar-refractivity contribution in [3.63, 3.8) is 0 Å². The van der Waals surface area contributed by atoms with E-state index in [0.29, 0.717) is 5.69 Å². The highest BCUT2D eigenvalue weighted by atomic mass is 19.4. The third kappa shape index (κ3) is 3.34. The number of anilines is 2. The summed E-state index contributed by atoms with van der Waals surface area (Å²) in [5, 5.41) is 2.42. The summed E-state index contributed by atoms with van der Waals surface area (Å²) < 4.78 is 37.8. The Labute approximate surface area is 119 Å². The molecule has 2 aromatic rings. The summed E-state index contributed by atoms with van der Waals surface area (Å²) in [7, 11) is 0. The van der Waals surface area contributed by atoms with Crippen LogP contribution in [0.5, 0.6) is 0 Å². The molecule has 110 valence electrons. The van der Waals surface area contributed by atoms with E-state index >= 15 is 0 Å². The summed E-state index contributed by atoms with van der Waals surface area (Å²) in [5.74, 6) is -0.546. The third-order valence-corrected chi connectivity index (χ3v) is 3.02. The quantitative estimate of drug-likeness (QED) is 0.827. The van der Waals surface area contributed by atoms with E-state index in [9.17, 15) is 18.0 Å². The lowest BCUT2D eigenvalue weighted by molar-refractivity contribution is -0.137. The molecule has 0 aliphatic carbocycles. The highest BCUT2D eigenvalue weighted by Gasteiger charge is 2.30. The Balaban J connectivity index is 2.26. The first kappa shape index (κ1) is 14.9. The molecule has 0 radical (unpaired) electrons. The maximum absolute atomic E-state index is 12.6. The molecule has 1 amide bonds. The van der Waals surface area contributed by atoms with Crippen molar-refractivity contribution in [1.82, 2.24) is 0 Å².